The number of pyridine rings is 1. The van der Waals surface area contributed by atoms with Crippen LogP contribution >= 0.6 is 11.5 Å². The summed E-state index contributed by atoms with van der Waals surface area (Å²) in [6.45, 7) is 7.70. The molecular formula is C16H21N5O2S. The molecule has 2 aromatic rings. The van der Waals surface area contributed by atoms with Crippen molar-refractivity contribution in [3.05, 3.63) is 28.9 Å². The molecule has 24 heavy (non-hydrogen) atoms. The molecule has 8 heteroatoms. The lowest BCUT2D eigenvalue weighted by molar-refractivity contribution is -0.00545. The summed E-state index contributed by atoms with van der Waals surface area (Å²) in [6.07, 6.45) is 2.73. The van der Waals surface area contributed by atoms with Crippen molar-refractivity contribution in [3.8, 4) is 0 Å². The first kappa shape index (κ1) is 16.8. The predicted molar refractivity (Wildman–Crippen MR) is 93.7 cm³/mol. The summed E-state index contributed by atoms with van der Waals surface area (Å²) < 4.78 is 9.58. The molecule has 3 rings (SSSR count). The van der Waals surface area contributed by atoms with E-state index in [-0.39, 0.29) is 18.1 Å². The van der Waals surface area contributed by atoms with Gasteiger partial charge in [-0.3, -0.25) is 4.79 Å². The van der Waals surface area contributed by atoms with Crippen molar-refractivity contribution in [1.29, 1.82) is 0 Å². The topological polar surface area (TPSA) is 80.2 Å². The second-order valence-electron chi connectivity index (χ2n) is 5.92. The van der Waals surface area contributed by atoms with Crippen LogP contribution in [0.5, 0.6) is 0 Å². The van der Waals surface area contributed by atoms with Crippen molar-refractivity contribution in [3.63, 3.8) is 0 Å². The summed E-state index contributed by atoms with van der Waals surface area (Å²) in [5, 5.41) is 6.81. The molecule has 0 spiro atoms. The van der Waals surface area contributed by atoms with E-state index in [4.69, 9.17) is 4.74 Å². The Morgan fingerprint density at radius 1 is 1.38 bits per heavy atom. The van der Waals surface area contributed by atoms with Gasteiger partial charge >= 0.3 is 0 Å². The first-order valence-corrected chi connectivity index (χ1v) is 8.83. The first-order chi connectivity index (χ1) is 11.6. The standard InChI is InChI=1S/C16H21N5O2S/c1-4-13-15(24-20-19-13)16(22)18-12-5-6-14(17-7-12)21-8-10(2)23-11(3)9-21/h5-7,10-11H,4,8-9H2,1-3H3,(H,18,22). The number of morpholine rings is 1. The highest BCUT2D eigenvalue weighted by atomic mass is 32.1. The van der Waals surface area contributed by atoms with Crippen molar-refractivity contribution in [1.82, 2.24) is 14.6 Å². The number of aryl methyl sites for hydroxylation is 1. The van der Waals surface area contributed by atoms with E-state index in [1.165, 1.54) is 0 Å². The van der Waals surface area contributed by atoms with Gasteiger partial charge in [-0.25, -0.2) is 4.98 Å². The van der Waals surface area contributed by atoms with Crippen LogP contribution in [0.25, 0.3) is 0 Å². The molecule has 1 amide bonds. The normalized spacial score (nSPS) is 20.9. The maximum atomic E-state index is 12.3. The number of hydrogen-bond acceptors (Lipinski definition) is 7. The van der Waals surface area contributed by atoms with Crippen LogP contribution in [0.2, 0.25) is 0 Å². The Labute approximate surface area is 145 Å². The van der Waals surface area contributed by atoms with Crippen molar-refractivity contribution < 1.29 is 9.53 Å². The van der Waals surface area contributed by atoms with Crippen LogP contribution in [-0.4, -0.2) is 45.8 Å². The molecule has 0 aliphatic carbocycles. The second kappa shape index (κ2) is 7.23. The van der Waals surface area contributed by atoms with E-state index < -0.39 is 0 Å². The number of aromatic nitrogens is 3. The zero-order chi connectivity index (χ0) is 17.1. The van der Waals surface area contributed by atoms with Crippen LogP contribution in [0.4, 0.5) is 11.5 Å². The van der Waals surface area contributed by atoms with Gasteiger partial charge in [0, 0.05) is 13.1 Å². The van der Waals surface area contributed by atoms with Gasteiger partial charge in [-0.05, 0) is 43.9 Å². The SMILES string of the molecule is CCc1nnsc1C(=O)Nc1ccc(N2CC(C)OC(C)C2)nc1. The fourth-order valence-electron chi connectivity index (χ4n) is 2.81. The Balaban J connectivity index is 1.67. The molecule has 3 heterocycles. The van der Waals surface area contributed by atoms with Crippen LogP contribution in [0.15, 0.2) is 18.3 Å². The molecule has 1 fully saturated rings. The van der Waals surface area contributed by atoms with Crippen LogP contribution in [0.1, 0.15) is 36.1 Å². The number of anilines is 2. The van der Waals surface area contributed by atoms with E-state index in [0.29, 0.717) is 17.0 Å². The van der Waals surface area contributed by atoms with Gasteiger partial charge < -0.3 is 15.0 Å². The van der Waals surface area contributed by atoms with E-state index in [9.17, 15) is 4.79 Å². The summed E-state index contributed by atoms with van der Waals surface area (Å²) in [7, 11) is 0. The van der Waals surface area contributed by atoms with E-state index >= 15 is 0 Å². The Hall–Kier alpha value is -2.06. The molecule has 1 aliphatic heterocycles. The number of nitrogens with one attached hydrogen (secondary N) is 1. The number of carbonyl (C=O) groups excluding carboxylic acids is 1. The summed E-state index contributed by atoms with van der Waals surface area (Å²) in [5.41, 5.74) is 1.38. The predicted octanol–water partition coefficient (Wildman–Crippen LogP) is 2.36. The smallest absolute Gasteiger partial charge is 0.269 e. The maximum Gasteiger partial charge on any atom is 0.269 e. The Bertz CT molecular complexity index is 693. The molecule has 1 saturated heterocycles. The molecule has 7 nitrogen and oxygen atoms in total. The number of nitrogens with zero attached hydrogens (tertiary/aromatic N) is 4. The molecule has 0 saturated carbocycles. The minimum absolute atomic E-state index is 0.182. The summed E-state index contributed by atoms with van der Waals surface area (Å²) in [6, 6.07) is 3.79. The summed E-state index contributed by atoms with van der Waals surface area (Å²) in [4.78, 5) is 19.5. The van der Waals surface area contributed by atoms with Gasteiger partial charge in [0.2, 0.25) is 0 Å². The van der Waals surface area contributed by atoms with E-state index in [1.54, 1.807) is 6.20 Å². The molecule has 2 aromatic heterocycles. The lowest BCUT2D eigenvalue weighted by Crippen LogP contribution is -2.45. The molecule has 2 atom stereocenters. The third-order valence-corrected chi connectivity index (χ3v) is 4.61. The van der Waals surface area contributed by atoms with Crippen LogP contribution in [0.3, 0.4) is 0 Å². The minimum Gasteiger partial charge on any atom is -0.372 e. The zero-order valence-electron chi connectivity index (χ0n) is 14.0. The number of amides is 1. The minimum atomic E-state index is -0.190. The number of carbonyl (C=O) groups is 1. The van der Waals surface area contributed by atoms with Gasteiger partial charge in [0.25, 0.3) is 5.91 Å². The van der Waals surface area contributed by atoms with Crippen molar-refractivity contribution in [2.24, 2.45) is 0 Å². The third kappa shape index (κ3) is 3.70. The van der Waals surface area contributed by atoms with Gasteiger partial charge in [-0.15, -0.1) is 5.10 Å². The molecular weight excluding hydrogens is 326 g/mol. The summed E-state index contributed by atoms with van der Waals surface area (Å²) in [5.74, 6) is 0.703. The fraction of sp³-hybridized carbons (Fsp3) is 0.500. The lowest BCUT2D eigenvalue weighted by atomic mass is 10.2. The number of rotatable bonds is 4. The van der Waals surface area contributed by atoms with Gasteiger partial charge in [-0.2, -0.15) is 0 Å². The van der Waals surface area contributed by atoms with Crippen molar-refractivity contribution in [2.75, 3.05) is 23.3 Å². The Morgan fingerprint density at radius 2 is 2.12 bits per heavy atom. The van der Waals surface area contributed by atoms with Gasteiger partial charge in [0.15, 0.2) is 0 Å². The number of ether oxygens (including phenoxy) is 1. The average Bonchev–Trinajstić information content (AvgIpc) is 3.03. The number of hydrogen-bond donors (Lipinski definition) is 1. The first-order valence-electron chi connectivity index (χ1n) is 8.05. The maximum absolute atomic E-state index is 12.3. The van der Waals surface area contributed by atoms with Crippen molar-refractivity contribution >= 4 is 28.9 Å². The highest BCUT2D eigenvalue weighted by Gasteiger charge is 2.23. The highest BCUT2D eigenvalue weighted by Crippen LogP contribution is 2.20. The van der Waals surface area contributed by atoms with Crippen molar-refractivity contribution in [2.45, 2.75) is 39.4 Å². The van der Waals surface area contributed by atoms with E-state index in [1.807, 2.05) is 19.1 Å². The molecule has 0 aromatic carbocycles. The van der Waals surface area contributed by atoms with Gasteiger partial charge in [0.05, 0.1) is 29.8 Å². The Morgan fingerprint density at radius 3 is 2.75 bits per heavy atom. The van der Waals surface area contributed by atoms with Crippen LogP contribution < -0.4 is 10.2 Å². The molecule has 2 unspecified atom stereocenters. The quantitative estimate of drug-likeness (QED) is 0.914. The molecule has 1 aliphatic rings. The third-order valence-electron chi connectivity index (χ3n) is 3.85. The van der Waals surface area contributed by atoms with Gasteiger partial charge in [-0.1, -0.05) is 11.4 Å². The molecule has 128 valence electrons. The zero-order valence-corrected chi connectivity index (χ0v) is 14.8. The lowest BCUT2D eigenvalue weighted by Gasteiger charge is -2.36. The Kier molecular flexibility index (Phi) is 5.06. The molecule has 0 bridgehead atoms. The van der Waals surface area contributed by atoms with Crippen LogP contribution in [0, 0.1) is 0 Å². The fourth-order valence-corrected chi connectivity index (χ4v) is 3.46. The van der Waals surface area contributed by atoms with Crippen LogP contribution in [-0.2, 0) is 11.2 Å². The van der Waals surface area contributed by atoms with E-state index in [2.05, 4.69) is 38.6 Å². The highest BCUT2D eigenvalue weighted by molar-refractivity contribution is 7.08. The molecule has 0 radical (unpaired) electrons. The molecule has 1 N–H and O–H groups in total. The van der Waals surface area contributed by atoms with Gasteiger partial charge in [0.1, 0.15) is 10.7 Å². The summed E-state index contributed by atoms with van der Waals surface area (Å²) >= 11 is 1.11. The largest absolute Gasteiger partial charge is 0.372 e. The average molecular weight is 347 g/mol. The van der Waals surface area contributed by atoms with E-state index in [0.717, 1.165) is 36.1 Å². The second-order valence-corrected chi connectivity index (χ2v) is 6.68. The monoisotopic (exact) mass is 347 g/mol.